The van der Waals surface area contributed by atoms with Gasteiger partial charge in [0.25, 0.3) is 0 Å². The monoisotopic (exact) mass is 504 g/mol. The minimum Gasteiger partial charge on any atom is -0.445 e. The average molecular weight is 504 g/mol. The molecule has 1 aliphatic heterocycles. The Hall–Kier alpha value is -2.92. The molecule has 1 saturated carbocycles. The molecule has 0 radical (unpaired) electrons. The fraction of sp³-hybridized carbons (Fsp3) is 0.565. The summed E-state index contributed by atoms with van der Waals surface area (Å²) in [5, 5.41) is 8.00. The molecule has 0 bridgehead atoms. The third-order valence-corrected chi connectivity index (χ3v) is 6.24. The van der Waals surface area contributed by atoms with E-state index in [-0.39, 0.29) is 18.2 Å². The van der Waals surface area contributed by atoms with Crippen LogP contribution < -0.4 is 5.32 Å². The van der Waals surface area contributed by atoms with Crippen molar-refractivity contribution in [3.8, 4) is 0 Å². The molecule has 1 aromatic heterocycles. The van der Waals surface area contributed by atoms with E-state index in [0.717, 1.165) is 24.4 Å². The highest BCUT2D eigenvalue weighted by atomic mass is 19.4. The lowest BCUT2D eigenvalue weighted by molar-refractivity contribution is -0.143. The molecule has 2 heterocycles. The molecule has 12 heteroatoms. The molecule has 192 valence electrons. The molecule has 0 saturated heterocycles. The van der Waals surface area contributed by atoms with Crippen LogP contribution in [-0.4, -0.2) is 33.4 Å². The second-order valence-corrected chi connectivity index (χ2v) is 8.97. The summed E-state index contributed by atoms with van der Waals surface area (Å²) in [7, 11) is 0. The van der Waals surface area contributed by atoms with Gasteiger partial charge in [-0.2, -0.15) is 31.4 Å². The second-order valence-electron chi connectivity index (χ2n) is 8.97. The van der Waals surface area contributed by atoms with Crippen LogP contribution in [0.2, 0.25) is 0 Å². The molecule has 1 aliphatic carbocycles. The van der Waals surface area contributed by atoms with E-state index >= 15 is 0 Å². The first kappa shape index (κ1) is 25.2. The number of alkyl halides is 6. The molecule has 0 atom stereocenters. The van der Waals surface area contributed by atoms with Crippen molar-refractivity contribution in [3.05, 3.63) is 46.6 Å². The molecule has 1 fully saturated rings. The molecule has 2 aliphatic rings. The number of amides is 1. The number of aromatic nitrogens is 2. The predicted molar refractivity (Wildman–Crippen MR) is 114 cm³/mol. The Balaban J connectivity index is 1.41. The van der Waals surface area contributed by atoms with E-state index in [1.807, 2.05) is 6.07 Å². The van der Waals surface area contributed by atoms with Gasteiger partial charge in [0.2, 0.25) is 0 Å². The Morgan fingerprint density at radius 1 is 0.943 bits per heavy atom. The Labute approximate surface area is 198 Å². The number of hydrogen-bond donors (Lipinski definition) is 1. The van der Waals surface area contributed by atoms with E-state index in [9.17, 15) is 31.1 Å². The Bertz CT molecular complexity index is 1010. The number of carbonyl (C=O) groups is 1. The summed E-state index contributed by atoms with van der Waals surface area (Å²) in [6.07, 6.45) is -4.45. The van der Waals surface area contributed by atoms with E-state index in [2.05, 4.69) is 10.4 Å². The van der Waals surface area contributed by atoms with Crippen LogP contribution in [-0.2, 0) is 36.8 Å². The number of halogens is 6. The van der Waals surface area contributed by atoms with Crippen molar-refractivity contribution in [3.63, 3.8) is 0 Å². The fourth-order valence-electron chi connectivity index (χ4n) is 4.48. The first-order valence-corrected chi connectivity index (χ1v) is 11.5. The van der Waals surface area contributed by atoms with Gasteiger partial charge in [-0.25, -0.2) is 4.79 Å². The predicted octanol–water partition coefficient (Wildman–Crippen LogP) is 6.21. The molecule has 1 N–H and O–H groups in total. The van der Waals surface area contributed by atoms with Crippen LogP contribution in [0.25, 0.3) is 0 Å². The molecular weight excluding hydrogens is 478 g/mol. The average Bonchev–Trinajstić information content (AvgIpc) is 3.05. The van der Waals surface area contributed by atoms with Gasteiger partial charge in [0.15, 0.2) is 0 Å². The molecule has 6 nitrogen and oxygen atoms in total. The molecular formula is C23H26F6N4O2. The summed E-state index contributed by atoms with van der Waals surface area (Å²) >= 11 is 0. The lowest BCUT2D eigenvalue weighted by Crippen LogP contribution is -2.31. The van der Waals surface area contributed by atoms with Gasteiger partial charge in [0, 0.05) is 25.2 Å². The fourth-order valence-corrected chi connectivity index (χ4v) is 4.48. The van der Waals surface area contributed by atoms with Crippen LogP contribution >= 0.6 is 0 Å². The van der Waals surface area contributed by atoms with Crippen LogP contribution in [0.3, 0.4) is 0 Å². The summed E-state index contributed by atoms with van der Waals surface area (Å²) in [5.74, 6) is 0.728. The number of hydrogen-bond acceptors (Lipinski definition) is 4. The van der Waals surface area contributed by atoms with Crippen LogP contribution in [0, 0.1) is 0 Å². The lowest BCUT2D eigenvalue weighted by Gasteiger charge is -2.22. The number of nitrogens with one attached hydrogen (secondary N) is 1. The number of aryl methyl sites for hydroxylation is 1. The zero-order valence-corrected chi connectivity index (χ0v) is 18.9. The third kappa shape index (κ3) is 6.40. The highest BCUT2D eigenvalue weighted by Gasteiger charge is 2.37. The summed E-state index contributed by atoms with van der Waals surface area (Å²) in [6, 6.07) is 3.38. The standard InChI is InChI=1S/C23H26F6N4O2/c24-22(25,26)16-9-15(10-17(11-16)23(27,28)29)14-35-21(34)32-7-4-8-33-19(13-32)12-20(31-33)30-18-5-2-1-3-6-18/h9-12,18H,1-8,13-14H2,(H,30,31). The third-order valence-electron chi connectivity index (χ3n) is 6.24. The highest BCUT2D eigenvalue weighted by molar-refractivity contribution is 5.67. The molecule has 0 unspecified atom stereocenters. The molecule has 1 aromatic carbocycles. The summed E-state index contributed by atoms with van der Waals surface area (Å²) < 4.78 is 85.3. The van der Waals surface area contributed by atoms with Gasteiger partial charge in [0.1, 0.15) is 12.4 Å². The van der Waals surface area contributed by atoms with Crippen LogP contribution in [0.1, 0.15) is 60.9 Å². The molecule has 2 aromatic rings. The van der Waals surface area contributed by atoms with E-state index < -0.39 is 36.2 Å². The Morgan fingerprint density at radius 3 is 2.23 bits per heavy atom. The number of benzene rings is 1. The van der Waals surface area contributed by atoms with Gasteiger partial charge in [-0.1, -0.05) is 19.3 Å². The number of carbonyl (C=O) groups excluding carboxylic acids is 1. The maximum atomic E-state index is 13.1. The molecule has 4 rings (SSSR count). The second kappa shape index (κ2) is 9.98. The Kier molecular flexibility index (Phi) is 7.18. The minimum absolute atomic E-state index is 0.0419. The number of fused-ring (bicyclic) bond motifs is 1. The van der Waals surface area contributed by atoms with Crippen molar-refractivity contribution in [2.45, 2.75) is 76.6 Å². The van der Waals surface area contributed by atoms with Crippen molar-refractivity contribution in [2.75, 3.05) is 11.9 Å². The van der Waals surface area contributed by atoms with E-state index in [1.165, 1.54) is 24.2 Å². The van der Waals surface area contributed by atoms with Gasteiger partial charge < -0.3 is 15.0 Å². The number of ether oxygens (including phenoxy) is 1. The van der Waals surface area contributed by atoms with Crippen molar-refractivity contribution in [2.24, 2.45) is 0 Å². The van der Waals surface area contributed by atoms with Gasteiger partial charge in [-0.05, 0) is 43.0 Å². The molecule has 0 spiro atoms. The van der Waals surface area contributed by atoms with Crippen molar-refractivity contribution in [1.29, 1.82) is 0 Å². The molecule has 1 amide bonds. The minimum atomic E-state index is -4.97. The zero-order valence-electron chi connectivity index (χ0n) is 18.9. The zero-order chi connectivity index (χ0) is 25.2. The highest BCUT2D eigenvalue weighted by Crippen LogP contribution is 2.36. The number of rotatable bonds is 4. The van der Waals surface area contributed by atoms with Gasteiger partial charge in [-0.15, -0.1) is 0 Å². The van der Waals surface area contributed by atoms with Crippen LogP contribution in [0.4, 0.5) is 37.0 Å². The number of nitrogens with zero attached hydrogens (tertiary/aromatic N) is 3. The smallest absolute Gasteiger partial charge is 0.416 e. The number of anilines is 1. The summed E-state index contributed by atoms with van der Waals surface area (Å²) in [4.78, 5) is 14.0. The van der Waals surface area contributed by atoms with Crippen molar-refractivity contribution >= 4 is 11.9 Å². The largest absolute Gasteiger partial charge is 0.445 e. The van der Waals surface area contributed by atoms with E-state index in [0.29, 0.717) is 37.7 Å². The quantitative estimate of drug-likeness (QED) is 0.503. The van der Waals surface area contributed by atoms with Gasteiger partial charge in [0.05, 0.1) is 23.4 Å². The molecule has 35 heavy (non-hydrogen) atoms. The first-order valence-electron chi connectivity index (χ1n) is 11.5. The normalized spacial score (nSPS) is 17.6. The topological polar surface area (TPSA) is 59.4 Å². The summed E-state index contributed by atoms with van der Waals surface area (Å²) in [6.45, 7) is 0.364. The Morgan fingerprint density at radius 2 is 1.60 bits per heavy atom. The van der Waals surface area contributed by atoms with Crippen molar-refractivity contribution in [1.82, 2.24) is 14.7 Å². The van der Waals surface area contributed by atoms with Crippen LogP contribution in [0.5, 0.6) is 0 Å². The lowest BCUT2D eigenvalue weighted by atomic mass is 9.95. The van der Waals surface area contributed by atoms with Gasteiger partial charge >= 0.3 is 18.4 Å². The van der Waals surface area contributed by atoms with Gasteiger partial charge in [-0.3, -0.25) is 4.68 Å². The van der Waals surface area contributed by atoms with E-state index in [1.54, 1.807) is 4.68 Å². The maximum absolute atomic E-state index is 13.1. The van der Waals surface area contributed by atoms with Crippen molar-refractivity contribution < 1.29 is 35.9 Å². The first-order chi connectivity index (χ1) is 16.5. The van der Waals surface area contributed by atoms with E-state index in [4.69, 9.17) is 4.74 Å². The SMILES string of the molecule is O=C(OCc1cc(C(F)(F)F)cc(C(F)(F)F)c1)N1CCCn2nc(NC3CCCCC3)cc2C1. The maximum Gasteiger partial charge on any atom is 0.416 e. The van der Waals surface area contributed by atoms with Crippen LogP contribution in [0.15, 0.2) is 24.3 Å². The summed E-state index contributed by atoms with van der Waals surface area (Å²) in [5.41, 5.74) is -2.51.